The highest BCUT2D eigenvalue weighted by molar-refractivity contribution is 5.84. The molecule has 0 bridgehead atoms. The van der Waals surface area contributed by atoms with Gasteiger partial charge in [0.1, 0.15) is 6.04 Å². The van der Waals surface area contributed by atoms with Crippen molar-refractivity contribution in [3.63, 3.8) is 0 Å². The predicted molar refractivity (Wildman–Crippen MR) is 71.6 cm³/mol. The first-order valence-corrected chi connectivity index (χ1v) is 5.83. The molecular weight excluding hydrogens is 264 g/mol. The molecule has 1 unspecified atom stereocenters. The number of carbonyl (C=O) groups is 1. The first kappa shape index (κ1) is 13.7. The van der Waals surface area contributed by atoms with E-state index in [9.17, 15) is 19.7 Å². The van der Waals surface area contributed by atoms with Crippen molar-refractivity contribution in [2.45, 2.75) is 13.0 Å². The predicted octanol–water partition coefficient (Wildman–Crippen LogP) is 1.64. The third kappa shape index (κ3) is 2.25. The van der Waals surface area contributed by atoms with Crippen LogP contribution in [0.15, 0.2) is 35.1 Å². The molecule has 1 aromatic heterocycles. The Hall–Kier alpha value is -2.70. The Labute approximate surface area is 113 Å². The van der Waals surface area contributed by atoms with Crippen LogP contribution < -0.4 is 5.56 Å². The lowest BCUT2D eigenvalue weighted by Crippen LogP contribution is -2.28. The van der Waals surface area contributed by atoms with E-state index in [1.165, 1.54) is 48.9 Å². The number of nitro benzene ring substituents is 1. The van der Waals surface area contributed by atoms with Gasteiger partial charge in [0.05, 0.1) is 17.5 Å². The molecule has 1 heterocycles. The molecule has 7 nitrogen and oxygen atoms in total. The number of aromatic nitrogens is 1. The first-order chi connectivity index (χ1) is 9.45. The second-order valence-electron chi connectivity index (χ2n) is 4.24. The first-order valence-electron chi connectivity index (χ1n) is 5.83. The lowest BCUT2D eigenvalue weighted by atomic mass is 10.1. The molecule has 0 fully saturated rings. The van der Waals surface area contributed by atoms with Gasteiger partial charge in [0.2, 0.25) is 0 Å². The summed E-state index contributed by atoms with van der Waals surface area (Å²) in [6, 6.07) is 6.06. The molecule has 0 N–H and O–H groups in total. The Balaban J connectivity index is 2.71. The van der Waals surface area contributed by atoms with E-state index in [-0.39, 0.29) is 11.2 Å². The van der Waals surface area contributed by atoms with Gasteiger partial charge in [-0.1, -0.05) is 0 Å². The van der Waals surface area contributed by atoms with E-state index in [0.29, 0.717) is 10.9 Å². The highest BCUT2D eigenvalue weighted by atomic mass is 16.6. The topological polar surface area (TPSA) is 91.4 Å². The molecule has 0 aliphatic carbocycles. The normalized spacial score (nSPS) is 12.1. The van der Waals surface area contributed by atoms with Crippen molar-refractivity contribution < 1.29 is 14.5 Å². The number of esters is 1. The summed E-state index contributed by atoms with van der Waals surface area (Å²) in [4.78, 5) is 33.8. The lowest BCUT2D eigenvalue weighted by molar-refractivity contribution is -0.384. The van der Waals surface area contributed by atoms with E-state index in [1.807, 2.05) is 0 Å². The van der Waals surface area contributed by atoms with Gasteiger partial charge >= 0.3 is 5.97 Å². The number of ether oxygens (including phenoxy) is 1. The molecule has 20 heavy (non-hydrogen) atoms. The van der Waals surface area contributed by atoms with Crippen molar-refractivity contribution in [3.8, 4) is 0 Å². The molecule has 104 valence electrons. The average molecular weight is 276 g/mol. The monoisotopic (exact) mass is 276 g/mol. The van der Waals surface area contributed by atoms with Crippen molar-refractivity contribution in [3.05, 3.63) is 50.8 Å². The van der Waals surface area contributed by atoms with Gasteiger partial charge in [-0.3, -0.25) is 19.5 Å². The smallest absolute Gasteiger partial charge is 0.328 e. The van der Waals surface area contributed by atoms with Crippen molar-refractivity contribution in [2.24, 2.45) is 0 Å². The van der Waals surface area contributed by atoms with Crippen molar-refractivity contribution in [2.75, 3.05) is 7.11 Å². The van der Waals surface area contributed by atoms with Gasteiger partial charge < -0.3 is 4.74 Å². The Morgan fingerprint density at radius 2 is 2.05 bits per heavy atom. The lowest BCUT2D eigenvalue weighted by Gasteiger charge is -2.15. The molecule has 0 amide bonds. The van der Waals surface area contributed by atoms with E-state index in [2.05, 4.69) is 4.74 Å². The van der Waals surface area contributed by atoms with Gasteiger partial charge in [0.15, 0.2) is 0 Å². The van der Waals surface area contributed by atoms with Crippen LogP contribution in [-0.4, -0.2) is 22.6 Å². The fourth-order valence-corrected chi connectivity index (χ4v) is 2.04. The maximum Gasteiger partial charge on any atom is 0.328 e. The number of fused-ring (bicyclic) bond motifs is 1. The number of methoxy groups -OCH3 is 1. The summed E-state index contributed by atoms with van der Waals surface area (Å²) in [5, 5.41) is 11.3. The molecule has 0 aliphatic heterocycles. The second kappa shape index (κ2) is 5.12. The van der Waals surface area contributed by atoms with Crippen LogP contribution in [0, 0.1) is 10.1 Å². The highest BCUT2D eigenvalue weighted by Gasteiger charge is 2.19. The van der Waals surface area contributed by atoms with Crippen molar-refractivity contribution in [1.82, 2.24) is 4.57 Å². The summed E-state index contributed by atoms with van der Waals surface area (Å²) in [5.41, 5.74) is -0.00123. The second-order valence-corrected chi connectivity index (χ2v) is 4.24. The van der Waals surface area contributed by atoms with Crippen molar-refractivity contribution in [1.29, 1.82) is 0 Å². The largest absolute Gasteiger partial charge is 0.467 e. The van der Waals surface area contributed by atoms with Crippen LogP contribution in [-0.2, 0) is 9.53 Å². The molecule has 0 aliphatic rings. The van der Waals surface area contributed by atoms with E-state index in [1.54, 1.807) is 0 Å². The third-order valence-electron chi connectivity index (χ3n) is 3.05. The molecule has 0 spiro atoms. The average Bonchev–Trinajstić information content (AvgIpc) is 2.45. The summed E-state index contributed by atoms with van der Waals surface area (Å²) < 4.78 is 5.88. The number of hydrogen-bond acceptors (Lipinski definition) is 5. The maximum atomic E-state index is 11.9. The van der Waals surface area contributed by atoms with E-state index in [0.717, 1.165) is 0 Å². The Kier molecular flexibility index (Phi) is 3.51. The van der Waals surface area contributed by atoms with Crippen LogP contribution >= 0.6 is 0 Å². The van der Waals surface area contributed by atoms with Gasteiger partial charge in [-0.2, -0.15) is 0 Å². The maximum absolute atomic E-state index is 11.9. The summed E-state index contributed by atoms with van der Waals surface area (Å²) in [5.74, 6) is -0.557. The van der Waals surface area contributed by atoms with Crippen LogP contribution in [0.4, 0.5) is 5.69 Å². The van der Waals surface area contributed by atoms with Crippen LogP contribution in [0.25, 0.3) is 10.9 Å². The minimum absolute atomic E-state index is 0.0755. The zero-order chi connectivity index (χ0) is 14.9. The summed E-state index contributed by atoms with van der Waals surface area (Å²) in [6.07, 6.45) is 0. The van der Waals surface area contributed by atoms with Crippen LogP contribution in [0.2, 0.25) is 0 Å². The highest BCUT2D eigenvalue weighted by Crippen LogP contribution is 2.21. The number of rotatable bonds is 3. The van der Waals surface area contributed by atoms with Gasteiger partial charge in [-0.15, -0.1) is 0 Å². The number of hydrogen-bond donors (Lipinski definition) is 0. The van der Waals surface area contributed by atoms with Crippen LogP contribution in [0.5, 0.6) is 0 Å². The van der Waals surface area contributed by atoms with E-state index in [4.69, 9.17) is 0 Å². The molecule has 0 radical (unpaired) electrons. The molecule has 0 saturated carbocycles. The summed E-state index contributed by atoms with van der Waals surface area (Å²) in [7, 11) is 1.24. The Bertz CT molecular complexity index is 750. The molecule has 1 atom stereocenters. The molecule has 2 rings (SSSR count). The number of benzene rings is 1. The zero-order valence-corrected chi connectivity index (χ0v) is 10.9. The standard InChI is InChI=1S/C13H12N2O5/c1-8(13(17)20-2)14-11-5-4-10(15(18)19)7-9(11)3-6-12(14)16/h3-8H,1-2H3. The SMILES string of the molecule is COC(=O)C(C)n1c(=O)ccc2cc([N+](=O)[O-])ccc21. The number of nitro groups is 1. The van der Waals surface area contributed by atoms with Gasteiger partial charge in [0.25, 0.3) is 11.2 Å². The molecule has 2 aromatic rings. The number of nitrogens with zero attached hydrogens (tertiary/aromatic N) is 2. The minimum Gasteiger partial charge on any atom is -0.467 e. The van der Waals surface area contributed by atoms with Gasteiger partial charge in [-0.25, -0.2) is 4.79 Å². The molecular formula is C13H12N2O5. The summed E-state index contributed by atoms with van der Waals surface area (Å²) >= 11 is 0. The number of non-ortho nitro benzene ring substituents is 1. The third-order valence-corrected chi connectivity index (χ3v) is 3.05. The van der Waals surface area contributed by atoms with E-state index < -0.39 is 16.9 Å². The Morgan fingerprint density at radius 1 is 1.35 bits per heavy atom. The quantitative estimate of drug-likeness (QED) is 0.483. The molecule has 0 saturated heterocycles. The van der Waals surface area contributed by atoms with E-state index >= 15 is 0 Å². The van der Waals surface area contributed by atoms with Crippen LogP contribution in [0.3, 0.4) is 0 Å². The fraction of sp³-hybridized carbons (Fsp3) is 0.231. The molecule has 7 heteroatoms. The summed E-state index contributed by atoms with van der Waals surface area (Å²) in [6.45, 7) is 1.54. The van der Waals surface area contributed by atoms with Crippen LogP contribution in [0.1, 0.15) is 13.0 Å². The zero-order valence-electron chi connectivity index (χ0n) is 10.9. The van der Waals surface area contributed by atoms with Gasteiger partial charge in [0, 0.05) is 23.6 Å². The number of pyridine rings is 1. The molecule has 1 aromatic carbocycles. The minimum atomic E-state index is -0.808. The van der Waals surface area contributed by atoms with Gasteiger partial charge in [-0.05, 0) is 19.1 Å². The fourth-order valence-electron chi connectivity index (χ4n) is 2.04. The Morgan fingerprint density at radius 3 is 2.65 bits per heavy atom. The number of carbonyl (C=O) groups excluding carboxylic acids is 1. The van der Waals surface area contributed by atoms with Crippen molar-refractivity contribution >= 4 is 22.6 Å².